The van der Waals surface area contributed by atoms with E-state index in [4.69, 9.17) is 14.2 Å². The molecule has 2 aliphatic heterocycles. The first-order valence-corrected chi connectivity index (χ1v) is 9.27. The highest BCUT2D eigenvalue weighted by Crippen LogP contribution is 2.27. The van der Waals surface area contributed by atoms with Gasteiger partial charge in [-0.1, -0.05) is 0 Å². The molecule has 0 saturated carbocycles. The van der Waals surface area contributed by atoms with Crippen LogP contribution in [0.25, 0.3) is 0 Å². The van der Waals surface area contributed by atoms with Gasteiger partial charge in [-0.05, 0) is 12.8 Å². The number of carbonyl (C=O) groups is 1. The van der Waals surface area contributed by atoms with Gasteiger partial charge in [0.15, 0.2) is 0 Å². The van der Waals surface area contributed by atoms with Crippen LogP contribution >= 0.6 is 0 Å². The molecule has 3 rings (SSSR count). The molecule has 0 spiro atoms. The number of methoxy groups -OCH3 is 1. The van der Waals surface area contributed by atoms with Gasteiger partial charge in [0.05, 0.1) is 32.1 Å². The number of piperidine rings is 1. The van der Waals surface area contributed by atoms with Crippen molar-refractivity contribution in [1.29, 1.82) is 0 Å². The molecule has 8 heteroatoms. The number of anilines is 1. The van der Waals surface area contributed by atoms with Gasteiger partial charge in [-0.15, -0.1) is 0 Å². The summed E-state index contributed by atoms with van der Waals surface area (Å²) in [5.41, 5.74) is 1.01. The molecule has 2 saturated heterocycles. The summed E-state index contributed by atoms with van der Waals surface area (Å²) in [6, 6.07) is 2.07. The maximum atomic E-state index is 12.4. The Morgan fingerprint density at radius 2 is 2.12 bits per heavy atom. The van der Waals surface area contributed by atoms with Crippen LogP contribution in [-0.2, 0) is 19.0 Å². The molecular weight excluding hydrogens is 336 g/mol. The number of rotatable bonds is 7. The van der Waals surface area contributed by atoms with Gasteiger partial charge in [0, 0.05) is 45.3 Å². The molecule has 0 aromatic carbocycles. The van der Waals surface area contributed by atoms with Crippen molar-refractivity contribution in [2.45, 2.75) is 18.8 Å². The van der Waals surface area contributed by atoms with Crippen molar-refractivity contribution in [3.05, 3.63) is 18.1 Å². The van der Waals surface area contributed by atoms with Gasteiger partial charge in [-0.2, -0.15) is 0 Å². The van der Waals surface area contributed by atoms with Gasteiger partial charge >= 0.3 is 0 Å². The van der Waals surface area contributed by atoms with E-state index in [9.17, 15) is 4.79 Å². The highest BCUT2D eigenvalue weighted by Gasteiger charge is 2.26. The number of carbonyl (C=O) groups excluding carboxylic acids is 1. The zero-order valence-corrected chi connectivity index (χ0v) is 15.4. The van der Waals surface area contributed by atoms with Gasteiger partial charge < -0.3 is 24.0 Å². The van der Waals surface area contributed by atoms with E-state index in [-0.39, 0.29) is 18.4 Å². The van der Waals surface area contributed by atoms with E-state index in [1.807, 2.05) is 4.90 Å². The third-order valence-electron chi connectivity index (χ3n) is 4.86. The van der Waals surface area contributed by atoms with E-state index in [0.29, 0.717) is 19.8 Å². The lowest BCUT2D eigenvalue weighted by Gasteiger charge is -2.33. The van der Waals surface area contributed by atoms with Gasteiger partial charge in [-0.3, -0.25) is 4.79 Å². The van der Waals surface area contributed by atoms with Crippen molar-refractivity contribution in [2.24, 2.45) is 0 Å². The molecule has 0 radical (unpaired) electrons. The quantitative estimate of drug-likeness (QED) is 0.659. The van der Waals surface area contributed by atoms with E-state index in [0.717, 1.165) is 57.2 Å². The molecular formula is C18H28N4O4. The Morgan fingerprint density at radius 1 is 1.27 bits per heavy atom. The molecule has 0 N–H and O–H groups in total. The highest BCUT2D eigenvalue weighted by molar-refractivity contribution is 5.77. The molecule has 26 heavy (non-hydrogen) atoms. The standard InChI is InChI=1S/C18H28N4O4/c1-24-9-10-26-13-18(23)22-4-2-3-15(12-22)16-11-17(20-14-19-16)21-5-7-25-8-6-21/h11,14-15H,2-10,12-13H2,1H3/t15-/m0/s1. The maximum absolute atomic E-state index is 12.4. The van der Waals surface area contributed by atoms with Crippen molar-refractivity contribution >= 4 is 11.7 Å². The SMILES string of the molecule is COCCOCC(=O)N1CCC[C@H](c2cc(N3CCOCC3)ncn2)C1. The first kappa shape index (κ1) is 19.0. The fourth-order valence-electron chi connectivity index (χ4n) is 3.39. The van der Waals surface area contributed by atoms with E-state index in [1.165, 1.54) is 0 Å². The molecule has 0 aliphatic carbocycles. The lowest BCUT2D eigenvalue weighted by atomic mass is 9.94. The molecule has 1 aromatic heterocycles. The van der Waals surface area contributed by atoms with Crippen molar-refractivity contribution in [3.8, 4) is 0 Å². The number of hydrogen-bond acceptors (Lipinski definition) is 7. The van der Waals surface area contributed by atoms with Gasteiger partial charge in [-0.25, -0.2) is 9.97 Å². The van der Waals surface area contributed by atoms with Gasteiger partial charge in [0.25, 0.3) is 0 Å². The molecule has 1 aromatic rings. The predicted molar refractivity (Wildman–Crippen MR) is 96.3 cm³/mol. The van der Waals surface area contributed by atoms with E-state index >= 15 is 0 Å². The van der Waals surface area contributed by atoms with Crippen LogP contribution in [-0.4, -0.2) is 87.1 Å². The number of morpholine rings is 1. The smallest absolute Gasteiger partial charge is 0.248 e. The van der Waals surface area contributed by atoms with Crippen LogP contribution in [0.5, 0.6) is 0 Å². The van der Waals surface area contributed by atoms with E-state index < -0.39 is 0 Å². The van der Waals surface area contributed by atoms with Crippen molar-refractivity contribution in [1.82, 2.24) is 14.9 Å². The second-order valence-corrected chi connectivity index (χ2v) is 6.62. The molecule has 2 aliphatic rings. The zero-order valence-electron chi connectivity index (χ0n) is 15.4. The maximum Gasteiger partial charge on any atom is 0.248 e. The Balaban J connectivity index is 1.57. The van der Waals surface area contributed by atoms with Crippen LogP contribution in [0.3, 0.4) is 0 Å². The summed E-state index contributed by atoms with van der Waals surface area (Å²) < 4.78 is 15.7. The van der Waals surface area contributed by atoms with E-state index in [1.54, 1.807) is 13.4 Å². The number of aromatic nitrogens is 2. The normalized spacial score (nSPS) is 21.0. The molecule has 0 unspecified atom stereocenters. The Bertz CT molecular complexity index is 580. The summed E-state index contributed by atoms with van der Waals surface area (Å²) in [6.45, 7) is 5.68. The topological polar surface area (TPSA) is 77.0 Å². The summed E-state index contributed by atoms with van der Waals surface area (Å²) >= 11 is 0. The van der Waals surface area contributed by atoms with E-state index in [2.05, 4.69) is 20.9 Å². The summed E-state index contributed by atoms with van der Waals surface area (Å²) in [5, 5.41) is 0. The second kappa shape index (κ2) is 9.80. The molecule has 144 valence electrons. The Hall–Kier alpha value is -1.77. The molecule has 3 heterocycles. The Labute approximate surface area is 154 Å². The molecule has 1 atom stereocenters. The minimum absolute atomic E-state index is 0.0354. The monoisotopic (exact) mass is 364 g/mol. The number of nitrogens with zero attached hydrogens (tertiary/aromatic N) is 4. The number of likely N-dealkylation sites (tertiary alicyclic amines) is 1. The Morgan fingerprint density at radius 3 is 2.92 bits per heavy atom. The third kappa shape index (κ3) is 5.12. The van der Waals surface area contributed by atoms with Crippen molar-refractivity contribution in [2.75, 3.05) is 71.2 Å². The highest BCUT2D eigenvalue weighted by atomic mass is 16.5. The van der Waals surface area contributed by atoms with Crippen LogP contribution in [0, 0.1) is 0 Å². The average molecular weight is 364 g/mol. The van der Waals surface area contributed by atoms with Gasteiger partial charge in [0.1, 0.15) is 18.8 Å². The first-order chi connectivity index (χ1) is 12.8. The summed E-state index contributed by atoms with van der Waals surface area (Å²) in [5.74, 6) is 1.23. The summed E-state index contributed by atoms with van der Waals surface area (Å²) in [6.07, 6.45) is 3.65. The van der Waals surface area contributed by atoms with Crippen LogP contribution in [0.4, 0.5) is 5.82 Å². The largest absolute Gasteiger partial charge is 0.382 e. The second-order valence-electron chi connectivity index (χ2n) is 6.62. The summed E-state index contributed by atoms with van der Waals surface area (Å²) in [7, 11) is 1.62. The van der Waals surface area contributed by atoms with Crippen LogP contribution in [0.1, 0.15) is 24.5 Å². The molecule has 8 nitrogen and oxygen atoms in total. The fourth-order valence-corrected chi connectivity index (χ4v) is 3.39. The van der Waals surface area contributed by atoms with Crippen LogP contribution in [0.15, 0.2) is 12.4 Å². The minimum Gasteiger partial charge on any atom is -0.382 e. The van der Waals surface area contributed by atoms with Crippen LogP contribution in [0.2, 0.25) is 0 Å². The third-order valence-corrected chi connectivity index (χ3v) is 4.86. The Kier molecular flexibility index (Phi) is 7.16. The van der Waals surface area contributed by atoms with Gasteiger partial charge in [0.2, 0.25) is 5.91 Å². The molecule has 0 bridgehead atoms. The lowest BCUT2D eigenvalue weighted by Crippen LogP contribution is -2.41. The van der Waals surface area contributed by atoms with Crippen molar-refractivity contribution in [3.63, 3.8) is 0 Å². The predicted octanol–water partition coefficient (Wildman–Crippen LogP) is 0.682. The number of hydrogen-bond donors (Lipinski definition) is 0. The minimum atomic E-state index is 0.0354. The zero-order chi connectivity index (χ0) is 18.2. The average Bonchev–Trinajstić information content (AvgIpc) is 2.72. The first-order valence-electron chi connectivity index (χ1n) is 9.27. The van der Waals surface area contributed by atoms with Crippen LogP contribution < -0.4 is 4.90 Å². The lowest BCUT2D eigenvalue weighted by molar-refractivity contribution is -0.137. The van der Waals surface area contributed by atoms with Crippen molar-refractivity contribution < 1.29 is 19.0 Å². The number of amides is 1. The molecule has 2 fully saturated rings. The molecule has 1 amide bonds. The fraction of sp³-hybridized carbons (Fsp3) is 0.722. The number of ether oxygens (including phenoxy) is 3. The summed E-state index contributed by atoms with van der Waals surface area (Å²) in [4.78, 5) is 25.4.